The lowest BCUT2D eigenvalue weighted by atomic mass is 10.2. The monoisotopic (exact) mass is 570 g/mol. The molecule has 0 atom stereocenters. The summed E-state index contributed by atoms with van der Waals surface area (Å²) in [5, 5.41) is 0.588. The fourth-order valence-electron chi connectivity index (χ4n) is 4.33. The molecule has 1 aliphatic rings. The van der Waals surface area contributed by atoms with Gasteiger partial charge in [0, 0.05) is 44.8 Å². The molecule has 1 saturated heterocycles. The number of rotatable bonds is 13. The van der Waals surface area contributed by atoms with Crippen LogP contribution in [0.3, 0.4) is 0 Å². The van der Waals surface area contributed by atoms with Crippen LogP contribution in [0.4, 0.5) is 5.13 Å². The van der Waals surface area contributed by atoms with Crippen molar-refractivity contribution in [1.29, 1.82) is 0 Å². The van der Waals surface area contributed by atoms with E-state index in [0.29, 0.717) is 30.5 Å². The molecule has 0 radical (unpaired) electrons. The normalized spacial score (nSPS) is 14.4. The zero-order chi connectivity index (χ0) is 27.8. The second-order valence-electron chi connectivity index (χ2n) is 9.02. The van der Waals surface area contributed by atoms with Crippen molar-refractivity contribution in [3.05, 3.63) is 73.3 Å². The number of nitrogens with zero attached hydrogens (tertiary/aromatic N) is 4. The van der Waals surface area contributed by atoms with Gasteiger partial charge in [0.15, 0.2) is 5.13 Å². The Morgan fingerprint density at radius 1 is 1.13 bits per heavy atom. The van der Waals surface area contributed by atoms with E-state index in [1.807, 2.05) is 18.2 Å². The van der Waals surface area contributed by atoms with Crippen molar-refractivity contribution in [2.24, 2.45) is 0 Å². The highest BCUT2D eigenvalue weighted by molar-refractivity contribution is 7.89. The number of hydrogen-bond donors (Lipinski definition) is 0. The molecule has 0 bridgehead atoms. The molecule has 11 heteroatoms. The number of thiazole rings is 1. The Morgan fingerprint density at radius 3 is 2.46 bits per heavy atom. The summed E-state index contributed by atoms with van der Waals surface area (Å²) >= 11 is 1.43. The van der Waals surface area contributed by atoms with Crippen LogP contribution in [0.15, 0.2) is 72.7 Å². The van der Waals surface area contributed by atoms with E-state index in [1.165, 1.54) is 39.9 Å². The number of benzene rings is 2. The number of fused-ring (bicyclic) bond motifs is 1. The molecule has 1 amide bonds. The summed E-state index contributed by atoms with van der Waals surface area (Å²) in [5.74, 6) is 0.489. The maximum atomic E-state index is 13.8. The number of sulfonamides is 1. The molecule has 2 heterocycles. The highest BCUT2D eigenvalue weighted by Crippen LogP contribution is 2.32. The molecule has 0 saturated carbocycles. The van der Waals surface area contributed by atoms with Gasteiger partial charge in [-0.25, -0.2) is 13.4 Å². The zero-order valence-corrected chi connectivity index (χ0v) is 23.8. The largest absolute Gasteiger partial charge is 0.497 e. The molecule has 3 aromatic rings. The molecule has 4 rings (SSSR count). The summed E-state index contributed by atoms with van der Waals surface area (Å²) in [6, 6.07) is 11.7. The first-order chi connectivity index (χ1) is 18.9. The minimum absolute atomic E-state index is 0.105. The van der Waals surface area contributed by atoms with Crippen LogP contribution in [0.5, 0.6) is 5.75 Å². The van der Waals surface area contributed by atoms with Gasteiger partial charge in [0.25, 0.3) is 5.91 Å². The molecular formula is C28H34N4O5S2. The maximum absolute atomic E-state index is 13.8. The second kappa shape index (κ2) is 13.3. The third-order valence-corrected chi connectivity index (χ3v) is 9.31. The molecule has 0 aliphatic carbocycles. The molecule has 2 aromatic carbocycles. The van der Waals surface area contributed by atoms with Crippen LogP contribution >= 0.6 is 11.3 Å². The van der Waals surface area contributed by atoms with E-state index in [0.717, 1.165) is 42.0 Å². The molecule has 208 valence electrons. The van der Waals surface area contributed by atoms with Gasteiger partial charge in [0.2, 0.25) is 10.0 Å². The van der Waals surface area contributed by atoms with Crippen molar-refractivity contribution in [3.8, 4) is 5.75 Å². The molecule has 1 fully saturated rings. The molecule has 0 spiro atoms. The Bertz CT molecular complexity index is 1390. The number of anilines is 1. The quantitative estimate of drug-likeness (QED) is 0.287. The van der Waals surface area contributed by atoms with Crippen molar-refractivity contribution >= 4 is 42.6 Å². The van der Waals surface area contributed by atoms with E-state index in [-0.39, 0.29) is 23.9 Å². The van der Waals surface area contributed by atoms with Crippen LogP contribution in [0.2, 0.25) is 0 Å². The van der Waals surface area contributed by atoms with Gasteiger partial charge in [0.05, 0.1) is 35.4 Å². The Balaban J connectivity index is 1.59. The van der Waals surface area contributed by atoms with Crippen molar-refractivity contribution in [3.63, 3.8) is 0 Å². The third-order valence-electron chi connectivity index (χ3n) is 6.42. The fourth-order valence-corrected chi connectivity index (χ4v) is 6.73. The smallest absolute Gasteiger partial charge is 0.260 e. The van der Waals surface area contributed by atoms with Crippen LogP contribution in [0.1, 0.15) is 16.8 Å². The van der Waals surface area contributed by atoms with Gasteiger partial charge in [-0.15, -0.1) is 13.2 Å². The van der Waals surface area contributed by atoms with Crippen LogP contribution in [0, 0.1) is 0 Å². The molecule has 0 unspecified atom stereocenters. The number of amides is 1. The average molecular weight is 571 g/mol. The highest BCUT2D eigenvalue weighted by atomic mass is 32.2. The summed E-state index contributed by atoms with van der Waals surface area (Å²) in [5.41, 5.74) is 1.17. The zero-order valence-electron chi connectivity index (χ0n) is 22.1. The van der Waals surface area contributed by atoms with E-state index in [9.17, 15) is 13.2 Å². The summed E-state index contributed by atoms with van der Waals surface area (Å²) in [6.45, 7) is 12.1. The number of ether oxygens (including phenoxy) is 2. The van der Waals surface area contributed by atoms with Crippen LogP contribution in [-0.2, 0) is 14.8 Å². The SMILES string of the molecule is C=CCN(CC=C)S(=O)(=O)c1ccc(C(=O)N(CCCN2CCOCC2)c2nc3ccc(OC)cc3s2)cc1. The van der Waals surface area contributed by atoms with E-state index in [2.05, 4.69) is 18.1 Å². The number of aromatic nitrogens is 1. The molecule has 39 heavy (non-hydrogen) atoms. The lowest BCUT2D eigenvalue weighted by Gasteiger charge is -2.27. The predicted octanol–water partition coefficient (Wildman–Crippen LogP) is 4.04. The molecule has 0 N–H and O–H groups in total. The Labute approximate surface area is 234 Å². The lowest BCUT2D eigenvalue weighted by molar-refractivity contribution is 0.0376. The van der Waals surface area contributed by atoms with E-state index in [1.54, 1.807) is 24.1 Å². The first-order valence-corrected chi connectivity index (χ1v) is 15.0. The van der Waals surface area contributed by atoms with Gasteiger partial charge >= 0.3 is 0 Å². The van der Waals surface area contributed by atoms with Crippen LogP contribution < -0.4 is 9.64 Å². The van der Waals surface area contributed by atoms with Crippen LogP contribution in [0.25, 0.3) is 10.2 Å². The van der Waals surface area contributed by atoms with Crippen molar-refractivity contribution in [2.45, 2.75) is 11.3 Å². The number of carbonyl (C=O) groups is 1. The lowest BCUT2D eigenvalue weighted by Crippen LogP contribution is -2.39. The van der Waals surface area contributed by atoms with Gasteiger partial charge in [0.1, 0.15) is 5.75 Å². The van der Waals surface area contributed by atoms with Gasteiger partial charge in [-0.2, -0.15) is 4.31 Å². The van der Waals surface area contributed by atoms with Gasteiger partial charge in [-0.05, 0) is 48.9 Å². The van der Waals surface area contributed by atoms with Crippen molar-refractivity contribution in [2.75, 3.05) is 64.5 Å². The third kappa shape index (κ3) is 6.92. The first-order valence-electron chi connectivity index (χ1n) is 12.8. The van der Waals surface area contributed by atoms with Crippen molar-refractivity contribution < 1.29 is 22.7 Å². The predicted molar refractivity (Wildman–Crippen MR) is 155 cm³/mol. The van der Waals surface area contributed by atoms with Gasteiger partial charge < -0.3 is 9.47 Å². The first kappa shape index (κ1) is 28.9. The number of methoxy groups -OCH3 is 1. The van der Waals surface area contributed by atoms with E-state index in [4.69, 9.17) is 14.5 Å². The van der Waals surface area contributed by atoms with Gasteiger partial charge in [-0.3, -0.25) is 14.6 Å². The number of carbonyl (C=O) groups excluding carboxylic acids is 1. The molecule has 9 nitrogen and oxygen atoms in total. The average Bonchev–Trinajstić information content (AvgIpc) is 3.38. The summed E-state index contributed by atoms with van der Waals surface area (Å²) in [6.07, 6.45) is 3.82. The van der Waals surface area contributed by atoms with E-state index >= 15 is 0 Å². The van der Waals surface area contributed by atoms with Crippen molar-refractivity contribution in [1.82, 2.24) is 14.2 Å². The standard InChI is InChI=1S/C28H34N4O5S2/c1-4-13-31(14-5-2)39(34,35)24-10-7-22(8-11-24)27(33)32(16-6-15-30-17-19-37-20-18-30)28-29-25-12-9-23(36-3)21-26(25)38-28/h4-5,7-12,21H,1-2,6,13-20H2,3H3. The highest BCUT2D eigenvalue weighted by Gasteiger charge is 2.25. The minimum Gasteiger partial charge on any atom is -0.497 e. The summed E-state index contributed by atoms with van der Waals surface area (Å²) < 4.78 is 39.2. The molecule has 1 aliphatic heterocycles. The van der Waals surface area contributed by atoms with E-state index < -0.39 is 10.0 Å². The Morgan fingerprint density at radius 2 is 1.82 bits per heavy atom. The topological polar surface area (TPSA) is 92.3 Å². The number of hydrogen-bond acceptors (Lipinski definition) is 8. The minimum atomic E-state index is -3.76. The fraction of sp³-hybridized carbons (Fsp3) is 0.357. The number of morpholine rings is 1. The Hall–Kier alpha value is -3.09. The summed E-state index contributed by atoms with van der Waals surface area (Å²) in [4.78, 5) is 22.6. The molecular weight excluding hydrogens is 536 g/mol. The maximum Gasteiger partial charge on any atom is 0.260 e. The van der Waals surface area contributed by atoms with Gasteiger partial charge in [-0.1, -0.05) is 23.5 Å². The van der Waals surface area contributed by atoms with Crippen LogP contribution in [-0.4, -0.2) is 88.1 Å². The Kier molecular flexibility index (Phi) is 9.87. The second-order valence-corrected chi connectivity index (χ2v) is 12.0. The molecule has 1 aromatic heterocycles. The summed E-state index contributed by atoms with van der Waals surface area (Å²) in [7, 11) is -2.15.